The smallest absolute Gasteiger partial charge is 0.336 e. The summed E-state index contributed by atoms with van der Waals surface area (Å²) in [5.41, 5.74) is -5.57. The Labute approximate surface area is 732 Å². The Balaban J connectivity index is 0.812. The van der Waals surface area contributed by atoms with Crippen molar-refractivity contribution >= 4 is 17.9 Å². The van der Waals surface area contributed by atoms with Crippen LogP contribution >= 0.6 is 0 Å². The number of ether oxygens (including phenoxy) is 16. The average molecular weight is 1800 g/mol. The van der Waals surface area contributed by atoms with Crippen LogP contribution in [-0.4, -0.2) is 369 Å². The number of hydrogen-bond donors (Lipinski definition) is 19. The molecule has 0 bridgehead atoms. The molecule has 12 rings (SSSR count). The van der Waals surface area contributed by atoms with Crippen molar-refractivity contribution < 1.29 is 187 Å². The van der Waals surface area contributed by atoms with Crippen LogP contribution in [0.5, 0.6) is 0 Å². The van der Waals surface area contributed by atoms with Gasteiger partial charge in [0.2, 0.25) is 6.29 Å². The fourth-order valence-electron chi connectivity index (χ4n) is 21.9. The minimum absolute atomic E-state index is 0.0104. The molecule has 41 atom stereocenters. The maximum Gasteiger partial charge on any atom is 0.336 e. The van der Waals surface area contributed by atoms with Gasteiger partial charge in [0, 0.05) is 5.57 Å². The van der Waals surface area contributed by atoms with Gasteiger partial charge in [-0.1, -0.05) is 84.4 Å². The third-order valence-electron chi connectivity index (χ3n) is 30.3. The van der Waals surface area contributed by atoms with Gasteiger partial charge in [-0.25, -0.2) is 9.59 Å². The summed E-state index contributed by atoms with van der Waals surface area (Å²) in [6, 6.07) is 0. The van der Waals surface area contributed by atoms with Crippen molar-refractivity contribution in [1.82, 2.24) is 0 Å². The number of carbonyl (C=O) groups is 3. The van der Waals surface area contributed by atoms with Crippen molar-refractivity contribution in [3.8, 4) is 0 Å². The molecule has 126 heavy (non-hydrogen) atoms. The van der Waals surface area contributed by atoms with E-state index in [1.165, 1.54) is 45.1 Å². The topological polar surface area (TPSA) is 583 Å². The molecule has 0 aromatic rings. The summed E-state index contributed by atoms with van der Waals surface area (Å²) in [4.78, 5) is 45.3. The molecule has 7 heterocycles. The number of rotatable bonds is 29. The first-order valence-electron chi connectivity index (χ1n) is 44.2. The molecular formula is C88H138O38. The SMILES string of the molecule is C=CC(C)(O)CC/C=C(\C)C(=O)OC[C@H]1O[C@@H](OC(=O)[C@]23CCC(C)(C)C[C@H]2C2=CC[C@@H]4[C@@]5(C)CC[C@H](O[C@@H]6O[C@H](CO[C@@H]7OC[C@H](O)[C@H](O)[C@H]7O[C@@H]7OC[C@@H](O)[C@H](O)[C@H]7O)[C@@H](O)[C@H](O)[C@H]6O)C(C)(C)[C@@H]5CC[C@@]4(C)[C@]2(C)CC3)[C@H](O[C@@H]2O[C@@H](C)[C@H](O[C@@H]3OC[C@@H](O)[C@H](O[C@@H]4OC[C@@H](O)[C@H](O)[C@H]4O)[C@H]3O)[C@@H](O)[C@H]2O)[C@@H](OC(=O)/C(=C/CCC(C)(O)C=C)CO)[C@@H]1O. The van der Waals surface area contributed by atoms with Gasteiger partial charge >= 0.3 is 17.9 Å². The monoisotopic (exact) mass is 1800 g/mol. The van der Waals surface area contributed by atoms with E-state index in [1.807, 2.05) is 0 Å². The summed E-state index contributed by atoms with van der Waals surface area (Å²) in [6.45, 7) is 24.5. The molecule has 0 amide bonds. The molecule has 0 radical (unpaired) electrons. The Bertz CT molecular complexity index is 3820. The first kappa shape index (κ1) is 101. The number of esters is 3. The van der Waals surface area contributed by atoms with Gasteiger partial charge in [-0.05, 0) is 162 Å². The largest absolute Gasteiger partial charge is 0.459 e. The Kier molecular flexibility index (Phi) is 31.8. The van der Waals surface area contributed by atoms with Gasteiger partial charge in [0.05, 0.1) is 74.0 Å². The van der Waals surface area contributed by atoms with E-state index in [1.54, 1.807) is 6.92 Å². The molecule has 11 fully saturated rings. The fourth-order valence-corrected chi connectivity index (χ4v) is 21.9. The van der Waals surface area contributed by atoms with Crippen LogP contribution < -0.4 is 0 Å². The van der Waals surface area contributed by atoms with E-state index >= 15 is 4.79 Å². The van der Waals surface area contributed by atoms with Crippen molar-refractivity contribution in [2.75, 3.05) is 46.2 Å². The van der Waals surface area contributed by atoms with E-state index in [0.717, 1.165) is 12.0 Å². The first-order valence-corrected chi connectivity index (χ1v) is 44.2. The summed E-state index contributed by atoms with van der Waals surface area (Å²) in [6.07, 6.45) is -41.2. The summed E-state index contributed by atoms with van der Waals surface area (Å²) >= 11 is 0. The van der Waals surface area contributed by atoms with Gasteiger partial charge in [-0.3, -0.25) is 4.79 Å². The number of carbonyl (C=O) groups excluding carboxylic acids is 3. The maximum atomic E-state index is 16.6. The van der Waals surface area contributed by atoms with E-state index in [4.69, 9.17) is 75.8 Å². The van der Waals surface area contributed by atoms with E-state index in [-0.39, 0.29) is 65.9 Å². The van der Waals surface area contributed by atoms with Crippen LogP contribution in [-0.2, 0) is 90.2 Å². The van der Waals surface area contributed by atoms with E-state index < -0.39 is 300 Å². The first-order chi connectivity index (χ1) is 59.0. The molecule has 718 valence electrons. The van der Waals surface area contributed by atoms with Gasteiger partial charge in [0.15, 0.2) is 49.9 Å². The third-order valence-corrected chi connectivity index (χ3v) is 30.3. The van der Waals surface area contributed by atoms with E-state index in [2.05, 4.69) is 67.7 Å². The second-order valence-corrected chi connectivity index (χ2v) is 39.7. The zero-order valence-corrected chi connectivity index (χ0v) is 73.6. The normalized spacial score (nSPS) is 47.2. The maximum absolute atomic E-state index is 16.6. The highest BCUT2D eigenvalue weighted by Gasteiger charge is 2.71. The highest BCUT2D eigenvalue weighted by molar-refractivity contribution is 5.89. The molecule has 19 N–H and O–H groups in total. The summed E-state index contributed by atoms with van der Waals surface area (Å²) in [7, 11) is 0. The number of aliphatic hydroxyl groups is 19. The van der Waals surface area contributed by atoms with E-state index in [9.17, 15) is 107 Å². The quantitative estimate of drug-likeness (QED) is 0.0132. The standard InChI is InChI=1S/C88H138O38/c1-14-83(9,109)24-16-18-40(3)71(106)111-38-50-58(98)68(121-72(107)42(33-89)19-17-25-84(10,110)15-2)70(125-76-64(104)60(100)66(41(4)117-76)122-75-65(105)67(48(93)37-114-75)123-73-61(101)54(94)45(90)34-112-73)79(119-50)126-80(108)88-30-28-81(5,6)32-44(88)43-20-21-52-85(11)26-23-53(82(7,8)51(85)22-27-87(52,13)86(43,12)29-31-88)120-77-63(103)59(99)57(97)49(118-77)39-116-78-69(56(96)47(92)36-115-78)124-74-62(102)55(95)46(91)35-113-74/h14-15,18-20,41,44-70,73-79,89-105,109-110H,1-2,16-17,21-39H2,3-13H3/b40-18+,42-19+/t41-,44-,45+,46+,47-,48+,49+,50+,51-,52+,53-,54-,55-,56-,57+,58+,59-,60-,61+,62+,63+,64+,65+,66-,67-,68-,69+,70+,73-,74-,75-,76-,77-,78-,79-,83?,84?,85-,86+,87+,88-/m0/s1. The zero-order chi connectivity index (χ0) is 92.4. The van der Waals surface area contributed by atoms with Crippen LogP contribution in [0.1, 0.15) is 166 Å². The molecule has 38 heteroatoms. The summed E-state index contributed by atoms with van der Waals surface area (Å²) in [5, 5.41) is 210. The Morgan fingerprint density at radius 3 is 1.64 bits per heavy atom. The molecule has 4 saturated carbocycles. The Hall–Kier alpha value is -4.17. The zero-order valence-electron chi connectivity index (χ0n) is 73.6. The number of hydrogen-bond acceptors (Lipinski definition) is 38. The molecule has 0 aromatic heterocycles. The molecule has 12 aliphatic rings. The lowest BCUT2D eigenvalue weighted by Gasteiger charge is -2.71. The lowest BCUT2D eigenvalue weighted by Crippen LogP contribution is -2.67. The molecule has 7 aliphatic heterocycles. The van der Waals surface area contributed by atoms with E-state index in [0.29, 0.717) is 51.4 Å². The van der Waals surface area contributed by atoms with Gasteiger partial charge < -0.3 is 173 Å². The minimum Gasteiger partial charge on any atom is -0.459 e. The number of aliphatic hydroxyl groups excluding tert-OH is 17. The summed E-state index contributed by atoms with van der Waals surface area (Å²) in [5.74, 6) is -3.39. The molecule has 2 unspecified atom stereocenters. The van der Waals surface area contributed by atoms with Crippen molar-refractivity contribution in [1.29, 1.82) is 0 Å². The van der Waals surface area contributed by atoms with Crippen LogP contribution in [0.2, 0.25) is 0 Å². The Morgan fingerprint density at radius 1 is 0.500 bits per heavy atom. The van der Waals surface area contributed by atoms with Gasteiger partial charge in [0.1, 0.15) is 135 Å². The van der Waals surface area contributed by atoms with Gasteiger partial charge in [-0.15, -0.1) is 13.2 Å². The van der Waals surface area contributed by atoms with Gasteiger partial charge in [0.25, 0.3) is 0 Å². The Morgan fingerprint density at radius 2 is 1.02 bits per heavy atom. The molecule has 7 saturated heterocycles. The summed E-state index contributed by atoms with van der Waals surface area (Å²) < 4.78 is 97.2. The fraction of sp³-hybridized carbons (Fsp3) is 0.852. The third kappa shape index (κ3) is 20.3. The van der Waals surface area contributed by atoms with Crippen LogP contribution in [0.15, 0.2) is 60.3 Å². The molecule has 38 nitrogen and oxygen atoms in total. The van der Waals surface area contributed by atoms with Gasteiger partial charge in [-0.2, -0.15) is 0 Å². The lowest BCUT2D eigenvalue weighted by atomic mass is 9.33. The molecule has 0 spiro atoms. The highest BCUT2D eigenvalue weighted by atomic mass is 16.8. The molecule has 0 aromatic carbocycles. The van der Waals surface area contributed by atoms with Crippen LogP contribution in [0.3, 0.4) is 0 Å². The second-order valence-electron chi connectivity index (χ2n) is 39.7. The van der Waals surface area contributed by atoms with Crippen molar-refractivity contribution in [2.45, 2.75) is 374 Å². The van der Waals surface area contributed by atoms with Crippen molar-refractivity contribution in [3.05, 3.63) is 60.3 Å². The molecule has 5 aliphatic carbocycles. The highest BCUT2D eigenvalue weighted by Crippen LogP contribution is 2.76. The number of allylic oxidation sites excluding steroid dienone is 4. The second kappa shape index (κ2) is 39.8. The predicted octanol–water partition coefficient (Wildman–Crippen LogP) is -1.58. The van der Waals surface area contributed by atoms with Crippen LogP contribution in [0, 0.1) is 50.2 Å². The predicted molar refractivity (Wildman–Crippen MR) is 432 cm³/mol. The van der Waals surface area contributed by atoms with Crippen LogP contribution in [0.25, 0.3) is 0 Å². The average Bonchev–Trinajstić information content (AvgIpc) is 0.673. The molecular weight excluding hydrogens is 1660 g/mol. The van der Waals surface area contributed by atoms with Crippen molar-refractivity contribution in [3.63, 3.8) is 0 Å². The number of fused-ring (bicyclic) bond motifs is 7. The van der Waals surface area contributed by atoms with Crippen molar-refractivity contribution in [2.24, 2.45) is 50.2 Å². The van der Waals surface area contributed by atoms with Crippen LogP contribution in [0.4, 0.5) is 0 Å². The lowest BCUT2D eigenvalue weighted by molar-refractivity contribution is -0.379. The minimum atomic E-state index is -2.19.